The van der Waals surface area contributed by atoms with E-state index in [0.717, 1.165) is 45.0 Å². The van der Waals surface area contributed by atoms with E-state index >= 15 is 0 Å². The number of guanidine groups is 2. The molecule has 6 heteroatoms. The molecular formula is C30H34N6. The second-order valence-electron chi connectivity index (χ2n) is 8.45. The Hall–Kier alpha value is -4.58. The summed E-state index contributed by atoms with van der Waals surface area (Å²) >= 11 is 0. The molecule has 0 spiro atoms. The first kappa shape index (κ1) is 26.0. The molecule has 0 atom stereocenters. The molecule has 36 heavy (non-hydrogen) atoms. The molecule has 0 aliphatic carbocycles. The molecular weight excluding hydrogens is 444 g/mol. The second kappa shape index (κ2) is 12.8. The summed E-state index contributed by atoms with van der Waals surface area (Å²) < 4.78 is 0. The predicted molar refractivity (Wildman–Crippen MR) is 155 cm³/mol. The number of aryl methyl sites for hydroxylation is 4. The Balaban J connectivity index is 0.000000201. The Morgan fingerprint density at radius 2 is 0.778 bits per heavy atom. The molecule has 0 saturated heterocycles. The van der Waals surface area contributed by atoms with Gasteiger partial charge in [0.05, 0.1) is 11.4 Å². The lowest BCUT2D eigenvalue weighted by Crippen LogP contribution is -2.22. The highest BCUT2D eigenvalue weighted by molar-refractivity contribution is 5.95. The Morgan fingerprint density at radius 1 is 0.472 bits per heavy atom. The number of anilines is 2. The predicted octanol–water partition coefficient (Wildman–Crippen LogP) is 6.72. The van der Waals surface area contributed by atoms with Crippen LogP contribution in [0.4, 0.5) is 22.7 Å². The summed E-state index contributed by atoms with van der Waals surface area (Å²) in [6.07, 6.45) is 0. The molecule has 0 unspecified atom stereocenters. The van der Waals surface area contributed by atoms with Crippen molar-refractivity contribution in [2.24, 2.45) is 21.5 Å². The second-order valence-corrected chi connectivity index (χ2v) is 8.45. The summed E-state index contributed by atoms with van der Waals surface area (Å²) in [5.41, 5.74) is 20.0. The van der Waals surface area contributed by atoms with E-state index in [-0.39, 0.29) is 0 Å². The fourth-order valence-electron chi connectivity index (χ4n) is 3.40. The zero-order valence-electron chi connectivity index (χ0n) is 21.3. The van der Waals surface area contributed by atoms with Gasteiger partial charge in [0.25, 0.3) is 0 Å². The molecule has 4 aromatic rings. The average Bonchev–Trinajstić information content (AvgIpc) is 2.85. The van der Waals surface area contributed by atoms with Crippen molar-refractivity contribution < 1.29 is 0 Å². The molecule has 0 bridgehead atoms. The minimum Gasteiger partial charge on any atom is -0.369 e. The Labute approximate surface area is 213 Å². The number of nitrogens with one attached hydrogen (secondary N) is 2. The largest absolute Gasteiger partial charge is 0.369 e. The van der Waals surface area contributed by atoms with Crippen molar-refractivity contribution in [3.63, 3.8) is 0 Å². The molecule has 0 aliphatic heterocycles. The monoisotopic (exact) mass is 478 g/mol. The van der Waals surface area contributed by atoms with Crippen molar-refractivity contribution >= 4 is 34.7 Å². The molecule has 0 saturated carbocycles. The van der Waals surface area contributed by atoms with E-state index in [4.69, 9.17) is 11.5 Å². The zero-order chi connectivity index (χ0) is 25.9. The molecule has 0 heterocycles. The Bertz CT molecular complexity index is 1250. The van der Waals surface area contributed by atoms with Crippen LogP contribution in [-0.4, -0.2) is 11.9 Å². The molecule has 0 amide bonds. The van der Waals surface area contributed by atoms with Crippen LogP contribution in [-0.2, 0) is 0 Å². The number of hydrogen-bond donors (Lipinski definition) is 4. The third kappa shape index (κ3) is 7.74. The van der Waals surface area contributed by atoms with Crippen LogP contribution in [0.3, 0.4) is 0 Å². The minimum atomic E-state index is 0.401. The fraction of sp³-hybridized carbons (Fsp3) is 0.133. The van der Waals surface area contributed by atoms with E-state index < -0.39 is 0 Å². The van der Waals surface area contributed by atoms with E-state index in [9.17, 15) is 0 Å². The smallest absolute Gasteiger partial charge is 0.198 e. The van der Waals surface area contributed by atoms with Crippen LogP contribution in [0.1, 0.15) is 22.3 Å². The van der Waals surface area contributed by atoms with Gasteiger partial charge >= 0.3 is 0 Å². The van der Waals surface area contributed by atoms with Crippen molar-refractivity contribution in [3.05, 3.63) is 119 Å². The van der Waals surface area contributed by atoms with Crippen LogP contribution in [0.5, 0.6) is 0 Å². The van der Waals surface area contributed by atoms with Crippen molar-refractivity contribution in [2.75, 3.05) is 10.6 Å². The van der Waals surface area contributed by atoms with Crippen LogP contribution >= 0.6 is 0 Å². The first-order valence-corrected chi connectivity index (χ1v) is 11.8. The van der Waals surface area contributed by atoms with Gasteiger partial charge in [-0.2, -0.15) is 0 Å². The highest BCUT2D eigenvalue weighted by atomic mass is 15.1. The highest BCUT2D eigenvalue weighted by Crippen LogP contribution is 2.19. The lowest BCUT2D eigenvalue weighted by Gasteiger charge is -2.08. The number of nitrogens with zero attached hydrogens (tertiary/aromatic N) is 2. The van der Waals surface area contributed by atoms with Gasteiger partial charge in [-0.25, -0.2) is 9.98 Å². The van der Waals surface area contributed by atoms with Gasteiger partial charge in [-0.3, -0.25) is 0 Å². The van der Waals surface area contributed by atoms with Gasteiger partial charge in [0, 0.05) is 11.4 Å². The molecule has 4 aromatic carbocycles. The normalized spacial score (nSPS) is 11.3. The van der Waals surface area contributed by atoms with Gasteiger partial charge in [-0.15, -0.1) is 0 Å². The summed E-state index contributed by atoms with van der Waals surface area (Å²) in [5, 5.41) is 6.23. The number of hydrogen-bond acceptors (Lipinski definition) is 2. The molecule has 6 nitrogen and oxygen atoms in total. The number of benzene rings is 4. The number of nitrogens with two attached hydrogens (primary N) is 2. The summed E-state index contributed by atoms with van der Waals surface area (Å²) in [5.74, 6) is 0.803. The maximum atomic E-state index is 5.91. The number of aliphatic imine (C=N–C) groups is 2. The van der Waals surface area contributed by atoms with Crippen molar-refractivity contribution in [1.29, 1.82) is 0 Å². The SMILES string of the molecule is Cc1ccccc1N=C(N)Nc1ccccc1C.Cc1ccccc1N=C(N)Nc1ccccc1C. The highest BCUT2D eigenvalue weighted by Gasteiger charge is 2.01. The van der Waals surface area contributed by atoms with Crippen molar-refractivity contribution in [2.45, 2.75) is 27.7 Å². The van der Waals surface area contributed by atoms with Crippen LogP contribution in [0.15, 0.2) is 107 Å². The van der Waals surface area contributed by atoms with E-state index in [0.29, 0.717) is 11.9 Å². The average molecular weight is 479 g/mol. The lowest BCUT2D eigenvalue weighted by atomic mass is 10.2. The van der Waals surface area contributed by atoms with Gasteiger partial charge < -0.3 is 22.1 Å². The Kier molecular flexibility index (Phi) is 9.23. The van der Waals surface area contributed by atoms with Gasteiger partial charge in [0.1, 0.15) is 0 Å². The van der Waals surface area contributed by atoms with Crippen molar-refractivity contribution in [1.82, 2.24) is 0 Å². The van der Waals surface area contributed by atoms with Crippen LogP contribution < -0.4 is 22.1 Å². The number of rotatable bonds is 4. The molecule has 0 aliphatic rings. The number of para-hydroxylation sites is 4. The summed E-state index contributed by atoms with van der Waals surface area (Å²) in [6.45, 7) is 8.09. The maximum absolute atomic E-state index is 5.91. The van der Waals surface area contributed by atoms with Gasteiger partial charge in [0.15, 0.2) is 11.9 Å². The summed E-state index contributed by atoms with van der Waals surface area (Å²) in [6, 6.07) is 31.7. The minimum absolute atomic E-state index is 0.401. The molecule has 0 fully saturated rings. The molecule has 4 rings (SSSR count). The lowest BCUT2D eigenvalue weighted by molar-refractivity contribution is 1.36. The first-order chi connectivity index (χ1) is 17.3. The van der Waals surface area contributed by atoms with Gasteiger partial charge in [0.2, 0.25) is 0 Å². The summed E-state index contributed by atoms with van der Waals surface area (Å²) in [7, 11) is 0. The molecule has 6 N–H and O–H groups in total. The molecule has 0 radical (unpaired) electrons. The molecule has 0 aromatic heterocycles. The van der Waals surface area contributed by atoms with E-state index in [1.165, 1.54) is 0 Å². The van der Waals surface area contributed by atoms with Crippen LogP contribution in [0.2, 0.25) is 0 Å². The van der Waals surface area contributed by atoms with E-state index in [1.54, 1.807) is 0 Å². The van der Waals surface area contributed by atoms with E-state index in [1.807, 2.05) is 125 Å². The molecule has 184 valence electrons. The fourth-order valence-corrected chi connectivity index (χ4v) is 3.40. The van der Waals surface area contributed by atoms with Crippen LogP contribution in [0.25, 0.3) is 0 Å². The third-order valence-electron chi connectivity index (χ3n) is 5.53. The first-order valence-electron chi connectivity index (χ1n) is 11.8. The van der Waals surface area contributed by atoms with Crippen molar-refractivity contribution in [3.8, 4) is 0 Å². The van der Waals surface area contributed by atoms with Gasteiger partial charge in [-0.1, -0.05) is 72.8 Å². The summed E-state index contributed by atoms with van der Waals surface area (Å²) in [4.78, 5) is 8.76. The third-order valence-corrected chi connectivity index (χ3v) is 5.53. The quantitative estimate of drug-likeness (QED) is 0.193. The standard InChI is InChI=1S/2C15H17N3/c2*1-11-7-3-5-9-13(11)17-15(16)18-14-10-6-4-8-12(14)2/h2*3-10H,1-2H3,(H3,16,17,18). The van der Waals surface area contributed by atoms with E-state index in [2.05, 4.69) is 20.6 Å². The van der Waals surface area contributed by atoms with Crippen LogP contribution in [0, 0.1) is 27.7 Å². The maximum Gasteiger partial charge on any atom is 0.198 e. The zero-order valence-corrected chi connectivity index (χ0v) is 21.3. The van der Waals surface area contributed by atoms with Gasteiger partial charge in [-0.05, 0) is 74.2 Å². The topological polar surface area (TPSA) is 101 Å². The Morgan fingerprint density at radius 3 is 1.11 bits per heavy atom.